The van der Waals surface area contributed by atoms with Crippen molar-refractivity contribution in [2.45, 2.75) is 0 Å². The molecule has 0 radical (unpaired) electrons. The molecule has 0 atom stereocenters. The molecule has 0 aliphatic heterocycles. The summed E-state index contributed by atoms with van der Waals surface area (Å²) in [5.74, 6) is 0.0718. The van der Waals surface area contributed by atoms with E-state index in [-0.39, 0.29) is 11.2 Å². The van der Waals surface area contributed by atoms with E-state index in [1.54, 1.807) is 12.1 Å². The normalized spacial score (nSPS) is 9.23. The average Bonchev–Trinajstić information content (AvgIpc) is 1.85. The summed E-state index contributed by atoms with van der Waals surface area (Å²) in [7, 11) is 8.50. The summed E-state index contributed by atoms with van der Waals surface area (Å²) in [6.45, 7) is 0. The minimum Gasteiger partial charge on any atom is -0.872 e. The van der Waals surface area contributed by atoms with E-state index in [4.69, 9.17) is 0 Å². The van der Waals surface area contributed by atoms with Crippen molar-refractivity contribution in [3.05, 3.63) is 30.3 Å². The molecule has 0 amide bonds. The van der Waals surface area contributed by atoms with Crippen LogP contribution in [-0.4, -0.2) is 38.1 Å². The average molecular weight is 185 g/mol. The van der Waals surface area contributed by atoms with E-state index in [0.717, 1.165) is 4.48 Å². The van der Waals surface area contributed by atoms with Crippen LogP contribution in [-0.2, 0) is 0 Å². The van der Waals surface area contributed by atoms with Gasteiger partial charge in [0, 0.05) is 0 Å². The van der Waals surface area contributed by atoms with Gasteiger partial charge in [-0.2, -0.15) is 0 Å². The summed E-state index contributed by atoms with van der Waals surface area (Å²) in [6.07, 6.45) is 0. The van der Waals surface area contributed by atoms with Gasteiger partial charge in [0.2, 0.25) is 0 Å². The molecule has 0 heterocycles. The number of hydrogen-bond donors (Lipinski definition) is 0. The summed E-state index contributed by atoms with van der Waals surface area (Å²) >= 11 is 0. The summed E-state index contributed by atoms with van der Waals surface area (Å²) in [6, 6.07) is 8.33. The van der Waals surface area contributed by atoms with Crippen molar-refractivity contribution in [1.82, 2.24) is 0 Å². The third kappa shape index (κ3) is 18.2. The van der Waals surface area contributed by atoms with Crippen LogP contribution in [0.5, 0.6) is 5.75 Å². The predicted molar refractivity (Wildman–Crippen MR) is 53.5 cm³/mol. The Kier molecular flexibility index (Phi) is 7.18. The van der Waals surface area contributed by atoms with Crippen molar-refractivity contribution in [2.75, 3.05) is 28.2 Å². The molecule has 0 fully saturated rings. The Morgan fingerprint density at radius 3 is 1.38 bits per heavy atom. The highest BCUT2D eigenvalue weighted by Gasteiger charge is 1.88. The molecule has 0 unspecified atom stereocenters. The van der Waals surface area contributed by atoms with Crippen LogP contribution in [0.4, 0.5) is 0 Å². The van der Waals surface area contributed by atoms with E-state index in [0.29, 0.717) is 0 Å². The predicted octanol–water partition coefficient (Wildman–Crippen LogP) is 0.258. The molecule has 0 saturated heterocycles. The van der Waals surface area contributed by atoms with Crippen LogP contribution >= 0.6 is 0 Å². The number of hydrogen-bond acceptors (Lipinski definition) is 1. The van der Waals surface area contributed by atoms with E-state index in [1.165, 1.54) is 12.1 Å². The highest BCUT2D eigenvalue weighted by molar-refractivity contribution is 5.17. The molecular formula is C10H19NO2. The molecule has 0 aliphatic rings. The monoisotopic (exact) mass is 185 g/mol. The SMILES string of the molecule is C[N+](C)(C)C.O.[O-]c1ccccc1. The summed E-state index contributed by atoms with van der Waals surface area (Å²) < 4.78 is 1.00. The minimum absolute atomic E-state index is 0. The van der Waals surface area contributed by atoms with Crippen molar-refractivity contribution >= 4 is 0 Å². The van der Waals surface area contributed by atoms with Crippen LogP contribution in [0.3, 0.4) is 0 Å². The highest BCUT2D eigenvalue weighted by Crippen LogP contribution is 1.98. The molecule has 1 rings (SSSR count). The Balaban J connectivity index is 0. The van der Waals surface area contributed by atoms with Crippen molar-refractivity contribution in [2.24, 2.45) is 0 Å². The fraction of sp³-hybridized carbons (Fsp3) is 0.400. The molecule has 0 aliphatic carbocycles. The number of rotatable bonds is 0. The number of para-hydroxylation sites is 1. The van der Waals surface area contributed by atoms with Crippen LogP contribution in [0.25, 0.3) is 0 Å². The van der Waals surface area contributed by atoms with Gasteiger partial charge in [0.1, 0.15) is 0 Å². The lowest BCUT2D eigenvalue weighted by atomic mass is 10.3. The second-order valence-electron chi connectivity index (χ2n) is 4.00. The second-order valence-corrected chi connectivity index (χ2v) is 4.00. The second kappa shape index (κ2) is 6.46. The Morgan fingerprint density at radius 2 is 1.23 bits per heavy atom. The van der Waals surface area contributed by atoms with E-state index in [9.17, 15) is 5.11 Å². The van der Waals surface area contributed by atoms with Gasteiger partial charge in [-0.05, 0) is 0 Å². The first-order valence-electron chi connectivity index (χ1n) is 3.90. The smallest absolute Gasteiger partial charge is 0.0675 e. The van der Waals surface area contributed by atoms with Gasteiger partial charge in [-0.15, -0.1) is 5.75 Å². The third-order valence-electron chi connectivity index (χ3n) is 0.743. The van der Waals surface area contributed by atoms with Gasteiger partial charge < -0.3 is 15.1 Å². The van der Waals surface area contributed by atoms with Gasteiger partial charge >= 0.3 is 0 Å². The van der Waals surface area contributed by atoms with E-state index in [2.05, 4.69) is 28.2 Å². The molecule has 1 aromatic rings. The largest absolute Gasteiger partial charge is 0.872 e. The summed E-state index contributed by atoms with van der Waals surface area (Å²) in [5, 5.41) is 10.3. The first-order valence-corrected chi connectivity index (χ1v) is 3.90. The zero-order valence-electron chi connectivity index (χ0n) is 8.74. The van der Waals surface area contributed by atoms with Gasteiger partial charge in [0.25, 0.3) is 0 Å². The maximum Gasteiger partial charge on any atom is 0.0675 e. The molecular weight excluding hydrogens is 166 g/mol. The Morgan fingerprint density at radius 1 is 0.923 bits per heavy atom. The number of benzene rings is 1. The Labute approximate surface area is 80.1 Å². The van der Waals surface area contributed by atoms with Gasteiger partial charge in [0.05, 0.1) is 28.2 Å². The molecule has 3 heteroatoms. The molecule has 0 aromatic heterocycles. The number of nitrogens with zero attached hydrogens (tertiary/aromatic N) is 1. The Hall–Kier alpha value is -1.06. The molecule has 0 bridgehead atoms. The lowest BCUT2D eigenvalue weighted by Crippen LogP contribution is -2.27. The van der Waals surface area contributed by atoms with Crippen molar-refractivity contribution < 1.29 is 15.1 Å². The van der Waals surface area contributed by atoms with Crippen LogP contribution in [0.15, 0.2) is 30.3 Å². The van der Waals surface area contributed by atoms with Gasteiger partial charge in [-0.3, -0.25) is 0 Å². The molecule has 13 heavy (non-hydrogen) atoms. The molecule has 0 spiro atoms. The fourth-order valence-electron chi connectivity index (χ4n) is 0.420. The van der Waals surface area contributed by atoms with Crippen molar-refractivity contribution in [3.8, 4) is 5.75 Å². The van der Waals surface area contributed by atoms with E-state index < -0.39 is 0 Å². The van der Waals surface area contributed by atoms with Crippen molar-refractivity contribution in [1.29, 1.82) is 0 Å². The minimum atomic E-state index is 0. The fourth-order valence-corrected chi connectivity index (χ4v) is 0.420. The summed E-state index contributed by atoms with van der Waals surface area (Å²) in [4.78, 5) is 0. The number of quaternary nitrogens is 1. The molecule has 1 aromatic carbocycles. The van der Waals surface area contributed by atoms with Crippen LogP contribution in [0.2, 0.25) is 0 Å². The summed E-state index contributed by atoms with van der Waals surface area (Å²) in [5.41, 5.74) is 0. The maximum atomic E-state index is 10.3. The lowest BCUT2D eigenvalue weighted by Gasteiger charge is -2.14. The van der Waals surface area contributed by atoms with Gasteiger partial charge in [0.15, 0.2) is 0 Å². The van der Waals surface area contributed by atoms with Crippen molar-refractivity contribution in [3.63, 3.8) is 0 Å². The highest BCUT2D eigenvalue weighted by atomic mass is 16.3. The quantitative estimate of drug-likeness (QED) is 0.535. The molecule has 3 nitrogen and oxygen atoms in total. The third-order valence-corrected chi connectivity index (χ3v) is 0.743. The molecule has 0 saturated carbocycles. The molecule has 2 N–H and O–H groups in total. The topological polar surface area (TPSA) is 54.6 Å². The van der Waals surface area contributed by atoms with Gasteiger partial charge in [-0.25, -0.2) is 0 Å². The standard InChI is InChI=1S/C6H6O.C4H12N.H2O/c7-6-4-2-1-3-5-6;1-5(2,3)4;/h1-5,7H;1-4H3;1H2/q;+1;/p-1. The first kappa shape index (κ1) is 14.5. The maximum absolute atomic E-state index is 10.3. The van der Waals surface area contributed by atoms with Gasteiger partial charge in [-0.1, -0.05) is 30.3 Å². The van der Waals surface area contributed by atoms with Crippen LogP contribution < -0.4 is 5.11 Å². The van der Waals surface area contributed by atoms with Crippen LogP contribution in [0, 0.1) is 0 Å². The van der Waals surface area contributed by atoms with E-state index in [1.807, 2.05) is 6.07 Å². The van der Waals surface area contributed by atoms with E-state index >= 15 is 0 Å². The molecule has 76 valence electrons. The Bertz CT molecular complexity index is 198. The van der Waals surface area contributed by atoms with Crippen LogP contribution in [0.1, 0.15) is 0 Å². The zero-order chi connectivity index (χ0) is 9.61. The zero-order valence-corrected chi connectivity index (χ0v) is 8.74. The lowest BCUT2D eigenvalue weighted by molar-refractivity contribution is -0.849. The first-order chi connectivity index (χ1) is 5.39.